The van der Waals surface area contributed by atoms with E-state index in [-0.39, 0.29) is 0 Å². The van der Waals surface area contributed by atoms with Gasteiger partial charge in [-0.2, -0.15) is 0 Å². The van der Waals surface area contributed by atoms with Gasteiger partial charge in [0.1, 0.15) is 5.65 Å². The first kappa shape index (κ1) is 13.6. The minimum atomic E-state index is 0.962. The Labute approximate surface area is 135 Å². The highest BCUT2D eigenvalue weighted by Crippen LogP contribution is 2.23. The van der Waals surface area contributed by atoms with Crippen LogP contribution in [0, 0.1) is 6.92 Å². The SMILES string of the molecule is Cc1cccc(Nc2ccc(-c3cn4ccccc4n3)cc2)c1. The van der Waals surface area contributed by atoms with Crippen molar-refractivity contribution in [1.82, 2.24) is 9.38 Å². The van der Waals surface area contributed by atoms with Gasteiger partial charge in [0.05, 0.1) is 5.69 Å². The highest BCUT2D eigenvalue weighted by Gasteiger charge is 2.04. The van der Waals surface area contributed by atoms with Crippen LogP contribution in [0.2, 0.25) is 0 Å². The summed E-state index contributed by atoms with van der Waals surface area (Å²) in [7, 11) is 0. The van der Waals surface area contributed by atoms with E-state index < -0.39 is 0 Å². The van der Waals surface area contributed by atoms with Gasteiger partial charge in [-0.1, -0.05) is 30.3 Å². The number of hydrogen-bond donors (Lipinski definition) is 1. The van der Waals surface area contributed by atoms with Crippen LogP contribution in [0.1, 0.15) is 5.56 Å². The van der Waals surface area contributed by atoms with Crippen molar-refractivity contribution < 1.29 is 0 Å². The van der Waals surface area contributed by atoms with E-state index in [9.17, 15) is 0 Å². The molecule has 4 aromatic rings. The van der Waals surface area contributed by atoms with Gasteiger partial charge in [0.25, 0.3) is 0 Å². The summed E-state index contributed by atoms with van der Waals surface area (Å²) in [6.45, 7) is 2.09. The van der Waals surface area contributed by atoms with Gasteiger partial charge in [-0.3, -0.25) is 0 Å². The Morgan fingerprint density at radius 2 is 1.74 bits per heavy atom. The molecule has 4 rings (SSSR count). The van der Waals surface area contributed by atoms with Crippen molar-refractivity contribution in [2.75, 3.05) is 5.32 Å². The highest BCUT2D eigenvalue weighted by molar-refractivity contribution is 5.67. The number of benzene rings is 2. The number of pyridine rings is 1. The topological polar surface area (TPSA) is 29.3 Å². The molecule has 0 atom stereocenters. The molecule has 0 aliphatic rings. The van der Waals surface area contributed by atoms with Crippen LogP contribution in [0.5, 0.6) is 0 Å². The van der Waals surface area contributed by atoms with Crippen molar-refractivity contribution in [2.45, 2.75) is 6.92 Å². The molecule has 0 radical (unpaired) electrons. The summed E-state index contributed by atoms with van der Waals surface area (Å²) in [5.74, 6) is 0. The van der Waals surface area contributed by atoms with Crippen LogP contribution >= 0.6 is 0 Å². The third-order valence-corrected chi connectivity index (χ3v) is 3.85. The molecule has 0 amide bonds. The van der Waals surface area contributed by atoms with Gasteiger partial charge < -0.3 is 9.72 Å². The number of aryl methyl sites for hydroxylation is 1. The van der Waals surface area contributed by atoms with E-state index in [1.807, 2.05) is 28.8 Å². The fraction of sp³-hybridized carbons (Fsp3) is 0.0500. The summed E-state index contributed by atoms with van der Waals surface area (Å²) in [6, 6.07) is 22.7. The second-order valence-electron chi connectivity index (χ2n) is 5.66. The smallest absolute Gasteiger partial charge is 0.137 e. The first-order valence-electron chi connectivity index (χ1n) is 7.66. The van der Waals surface area contributed by atoms with Crippen LogP contribution in [-0.4, -0.2) is 9.38 Å². The Morgan fingerprint density at radius 1 is 0.870 bits per heavy atom. The van der Waals surface area contributed by atoms with Gasteiger partial charge in [0.2, 0.25) is 0 Å². The van der Waals surface area contributed by atoms with E-state index in [0.29, 0.717) is 0 Å². The molecule has 112 valence electrons. The molecule has 0 aliphatic carbocycles. The molecule has 3 heteroatoms. The van der Waals surface area contributed by atoms with Crippen molar-refractivity contribution in [3.05, 3.63) is 84.7 Å². The molecule has 2 heterocycles. The maximum absolute atomic E-state index is 4.65. The van der Waals surface area contributed by atoms with E-state index in [0.717, 1.165) is 28.3 Å². The summed E-state index contributed by atoms with van der Waals surface area (Å²) >= 11 is 0. The number of nitrogens with zero attached hydrogens (tertiary/aromatic N) is 2. The number of nitrogens with one attached hydrogen (secondary N) is 1. The van der Waals surface area contributed by atoms with Gasteiger partial charge in [0, 0.05) is 29.3 Å². The van der Waals surface area contributed by atoms with Crippen molar-refractivity contribution in [3.8, 4) is 11.3 Å². The number of imidazole rings is 1. The first-order chi connectivity index (χ1) is 11.3. The number of hydrogen-bond acceptors (Lipinski definition) is 2. The molecular weight excluding hydrogens is 282 g/mol. The van der Waals surface area contributed by atoms with Crippen molar-refractivity contribution in [2.24, 2.45) is 0 Å². The molecule has 23 heavy (non-hydrogen) atoms. The van der Waals surface area contributed by atoms with Gasteiger partial charge in [0.15, 0.2) is 0 Å². The number of rotatable bonds is 3. The average molecular weight is 299 g/mol. The third kappa shape index (κ3) is 2.81. The van der Waals surface area contributed by atoms with E-state index in [2.05, 4.69) is 72.0 Å². The fourth-order valence-corrected chi connectivity index (χ4v) is 2.69. The maximum atomic E-state index is 4.65. The molecule has 0 saturated carbocycles. The highest BCUT2D eigenvalue weighted by atomic mass is 15.0. The van der Waals surface area contributed by atoms with Crippen molar-refractivity contribution in [3.63, 3.8) is 0 Å². The summed E-state index contributed by atoms with van der Waals surface area (Å²) in [5.41, 5.74) is 6.48. The summed E-state index contributed by atoms with van der Waals surface area (Å²) in [4.78, 5) is 4.65. The Bertz CT molecular complexity index is 919. The standard InChI is InChI=1S/C20H17N3/c1-15-5-4-6-18(13-15)21-17-10-8-16(9-11-17)19-14-23-12-3-2-7-20(23)22-19/h2-14,21H,1H3. The molecule has 2 aromatic heterocycles. The lowest BCUT2D eigenvalue weighted by Crippen LogP contribution is -1.90. The second-order valence-corrected chi connectivity index (χ2v) is 5.66. The van der Waals surface area contributed by atoms with E-state index in [1.165, 1.54) is 5.56 Å². The molecule has 0 bridgehead atoms. The Balaban J connectivity index is 1.60. The molecule has 2 aromatic carbocycles. The third-order valence-electron chi connectivity index (χ3n) is 3.85. The largest absolute Gasteiger partial charge is 0.356 e. The predicted molar refractivity (Wildman–Crippen MR) is 95.1 cm³/mol. The van der Waals surface area contributed by atoms with Crippen LogP contribution in [0.15, 0.2) is 79.1 Å². The van der Waals surface area contributed by atoms with Gasteiger partial charge >= 0.3 is 0 Å². The number of anilines is 2. The lowest BCUT2D eigenvalue weighted by atomic mass is 10.1. The lowest BCUT2D eigenvalue weighted by Gasteiger charge is -2.07. The Kier molecular flexibility index (Phi) is 3.31. The van der Waals surface area contributed by atoms with Crippen molar-refractivity contribution in [1.29, 1.82) is 0 Å². The van der Waals surface area contributed by atoms with Crippen LogP contribution in [0.25, 0.3) is 16.9 Å². The van der Waals surface area contributed by atoms with Crippen LogP contribution in [0.4, 0.5) is 11.4 Å². The maximum Gasteiger partial charge on any atom is 0.137 e. The molecule has 3 nitrogen and oxygen atoms in total. The second kappa shape index (κ2) is 5.61. The molecule has 0 unspecified atom stereocenters. The van der Waals surface area contributed by atoms with Crippen molar-refractivity contribution >= 4 is 17.0 Å². The number of fused-ring (bicyclic) bond motifs is 1. The molecule has 0 saturated heterocycles. The lowest BCUT2D eigenvalue weighted by molar-refractivity contribution is 1.19. The Morgan fingerprint density at radius 3 is 2.52 bits per heavy atom. The van der Waals surface area contributed by atoms with Crippen LogP contribution in [0.3, 0.4) is 0 Å². The quantitative estimate of drug-likeness (QED) is 0.573. The van der Waals surface area contributed by atoms with Crippen LogP contribution < -0.4 is 5.32 Å². The van der Waals surface area contributed by atoms with Gasteiger partial charge in [-0.15, -0.1) is 0 Å². The van der Waals surface area contributed by atoms with E-state index in [4.69, 9.17) is 0 Å². The zero-order chi connectivity index (χ0) is 15.6. The molecule has 0 spiro atoms. The predicted octanol–water partition coefficient (Wildman–Crippen LogP) is 5.05. The van der Waals surface area contributed by atoms with Gasteiger partial charge in [-0.05, 0) is 48.9 Å². The minimum absolute atomic E-state index is 0.962. The summed E-state index contributed by atoms with van der Waals surface area (Å²) < 4.78 is 2.04. The summed E-state index contributed by atoms with van der Waals surface area (Å²) in [6.07, 6.45) is 4.07. The van der Waals surface area contributed by atoms with E-state index in [1.54, 1.807) is 0 Å². The first-order valence-corrected chi connectivity index (χ1v) is 7.66. The number of aromatic nitrogens is 2. The zero-order valence-electron chi connectivity index (χ0n) is 12.9. The Hall–Kier alpha value is -3.07. The molecule has 1 N–H and O–H groups in total. The monoisotopic (exact) mass is 299 g/mol. The van der Waals surface area contributed by atoms with Gasteiger partial charge in [-0.25, -0.2) is 4.98 Å². The summed E-state index contributed by atoms with van der Waals surface area (Å²) in [5, 5.41) is 3.42. The zero-order valence-corrected chi connectivity index (χ0v) is 12.9. The van der Waals surface area contributed by atoms with Crippen LogP contribution in [-0.2, 0) is 0 Å². The molecular formula is C20H17N3. The fourth-order valence-electron chi connectivity index (χ4n) is 2.69. The average Bonchev–Trinajstić information content (AvgIpc) is 2.99. The normalized spacial score (nSPS) is 10.8. The minimum Gasteiger partial charge on any atom is -0.356 e. The van der Waals surface area contributed by atoms with E-state index >= 15 is 0 Å². The molecule has 0 aliphatic heterocycles. The molecule has 0 fully saturated rings.